The lowest BCUT2D eigenvalue weighted by atomic mass is 9.82. The molecule has 0 unspecified atom stereocenters. The van der Waals surface area contributed by atoms with Crippen molar-refractivity contribution in [2.24, 2.45) is 0 Å². The van der Waals surface area contributed by atoms with E-state index in [1.807, 2.05) is 24.3 Å². The molecule has 312 valence electrons. The molecule has 1 heterocycles. The van der Waals surface area contributed by atoms with Gasteiger partial charge in [-0.2, -0.15) is 16.8 Å². The zero-order chi connectivity index (χ0) is 43.2. The normalized spacial score (nSPS) is 13.6. The fourth-order valence-electron chi connectivity index (χ4n) is 6.42. The van der Waals surface area contributed by atoms with Crippen molar-refractivity contribution in [1.29, 1.82) is 0 Å². The number of benzene rings is 4. The molecule has 2 amide bonds. The Hall–Kier alpha value is -6.35. The van der Waals surface area contributed by atoms with Crippen molar-refractivity contribution in [3.8, 4) is 0 Å². The highest BCUT2D eigenvalue weighted by Gasteiger charge is 2.37. The van der Waals surface area contributed by atoms with E-state index in [0.717, 1.165) is 61.8 Å². The third-order valence-corrected chi connectivity index (χ3v) is 11.2. The van der Waals surface area contributed by atoms with Crippen molar-refractivity contribution < 1.29 is 54.8 Å². The maximum atomic E-state index is 13.3. The molecule has 2 aliphatic rings. The van der Waals surface area contributed by atoms with E-state index in [2.05, 4.69) is 17.3 Å². The Balaban J connectivity index is 0.000000231. The summed E-state index contributed by atoms with van der Waals surface area (Å²) in [6.45, 7) is 0.963. The molecule has 0 aromatic heterocycles. The van der Waals surface area contributed by atoms with Crippen LogP contribution in [-0.2, 0) is 39.5 Å². The van der Waals surface area contributed by atoms with Crippen LogP contribution in [0.3, 0.4) is 0 Å². The number of hydrogen-bond acceptors (Lipinski definition) is 15. The van der Waals surface area contributed by atoms with Crippen molar-refractivity contribution in [2.75, 3.05) is 41.0 Å². The van der Waals surface area contributed by atoms with Crippen LogP contribution in [0.4, 0.5) is 34.1 Å². The van der Waals surface area contributed by atoms with Crippen molar-refractivity contribution in [3.05, 3.63) is 95.1 Å². The monoisotopic (exact) mass is 850 g/mol. The average molecular weight is 851 g/mol. The highest BCUT2D eigenvalue weighted by Crippen LogP contribution is 2.41. The highest BCUT2D eigenvalue weighted by atomic mass is 32.2. The molecule has 18 nitrogen and oxygen atoms in total. The van der Waals surface area contributed by atoms with Gasteiger partial charge in [0, 0.05) is 61.0 Å². The number of amides is 2. The van der Waals surface area contributed by atoms with Crippen LogP contribution in [0, 0.1) is 0 Å². The number of ketones is 2. The number of unbranched alkanes of at least 4 members (excludes halogenated alkanes) is 4. The van der Waals surface area contributed by atoms with Gasteiger partial charge in [0.05, 0.1) is 28.2 Å². The number of fused-ring (bicyclic) bond motifs is 2. The average Bonchev–Trinajstić information content (AvgIpc) is 3.49. The number of nitrogens with one attached hydrogen (secondary N) is 1. The lowest BCUT2D eigenvalue weighted by molar-refractivity contribution is -0.197. The predicted octanol–water partition coefficient (Wildman–Crippen LogP) is 4.52. The Labute approximate surface area is 339 Å². The molecule has 0 radical (unpaired) electrons. The van der Waals surface area contributed by atoms with Crippen LogP contribution in [0.1, 0.15) is 83.2 Å². The summed E-state index contributed by atoms with van der Waals surface area (Å²) in [6, 6.07) is 17.8. The molecular weight excluding hydrogens is 809 g/mol. The van der Waals surface area contributed by atoms with Gasteiger partial charge in [-0.25, -0.2) is 4.79 Å². The van der Waals surface area contributed by atoms with E-state index < -0.39 is 70.6 Å². The van der Waals surface area contributed by atoms with Gasteiger partial charge in [0.1, 0.15) is 9.79 Å². The van der Waals surface area contributed by atoms with Gasteiger partial charge < -0.3 is 32.3 Å². The molecule has 59 heavy (non-hydrogen) atoms. The van der Waals surface area contributed by atoms with Crippen LogP contribution in [-0.4, -0.2) is 73.9 Å². The van der Waals surface area contributed by atoms with Gasteiger partial charge in [-0.05, 0) is 61.4 Å². The Morgan fingerprint density at radius 3 is 1.85 bits per heavy atom. The van der Waals surface area contributed by atoms with Gasteiger partial charge >= 0.3 is 5.97 Å². The first-order valence-electron chi connectivity index (χ1n) is 18.2. The fourth-order valence-corrected chi connectivity index (χ4v) is 7.75. The number of hydrogen-bond donors (Lipinski definition) is 6. The summed E-state index contributed by atoms with van der Waals surface area (Å²) >= 11 is 0. The quantitative estimate of drug-likeness (QED) is 0.0387. The first-order chi connectivity index (χ1) is 27.8. The van der Waals surface area contributed by atoms with Crippen LogP contribution >= 0.6 is 0 Å². The van der Waals surface area contributed by atoms with Gasteiger partial charge in [-0.3, -0.25) is 28.3 Å². The van der Waals surface area contributed by atoms with Gasteiger partial charge in [0.15, 0.2) is 11.6 Å². The Kier molecular flexibility index (Phi) is 13.4. The molecule has 0 spiro atoms. The van der Waals surface area contributed by atoms with Gasteiger partial charge in [-0.15, -0.1) is 5.06 Å². The topological polar surface area (TPSA) is 300 Å². The number of imide groups is 1. The Bertz CT molecular complexity index is 2530. The van der Waals surface area contributed by atoms with Crippen molar-refractivity contribution in [3.63, 3.8) is 0 Å². The van der Waals surface area contributed by atoms with Gasteiger partial charge in [0.25, 0.3) is 32.1 Å². The Morgan fingerprint density at radius 2 is 1.25 bits per heavy atom. The summed E-state index contributed by atoms with van der Waals surface area (Å²) in [4.78, 5) is 66.3. The van der Waals surface area contributed by atoms with Gasteiger partial charge in [-0.1, -0.05) is 43.5 Å². The number of hydroxylamine groups is 2. The molecule has 4 aromatic rings. The number of nitrogens with zero attached hydrogens (tertiary/aromatic N) is 2. The number of carbonyl (C=O) groups is 5. The molecule has 1 fully saturated rings. The van der Waals surface area contributed by atoms with Crippen molar-refractivity contribution in [2.45, 2.75) is 61.2 Å². The summed E-state index contributed by atoms with van der Waals surface area (Å²) in [5.74, 6) is -2.85. The smallest absolute Gasteiger partial charge is 0.333 e. The predicted molar refractivity (Wildman–Crippen MR) is 217 cm³/mol. The van der Waals surface area contributed by atoms with Crippen molar-refractivity contribution >= 4 is 83.7 Å². The van der Waals surface area contributed by atoms with Crippen LogP contribution in [0.25, 0.3) is 0 Å². The number of anilines is 6. The van der Waals surface area contributed by atoms with Crippen LogP contribution in [0.15, 0.2) is 82.6 Å². The minimum atomic E-state index is -4.96. The second-order valence-corrected chi connectivity index (χ2v) is 16.5. The largest absolute Gasteiger partial charge is 0.399 e. The molecule has 4 aromatic carbocycles. The molecular formula is C39H42N6O12S2. The minimum Gasteiger partial charge on any atom is -0.399 e. The molecule has 1 aliphatic heterocycles. The highest BCUT2D eigenvalue weighted by molar-refractivity contribution is 7.86. The van der Waals surface area contributed by atoms with Crippen LogP contribution in [0.2, 0.25) is 0 Å². The number of carbonyl (C=O) groups excluding carboxylic acids is 5. The lowest BCUT2D eigenvalue weighted by Gasteiger charge is -2.24. The summed E-state index contributed by atoms with van der Waals surface area (Å²) < 4.78 is 66.8. The number of nitrogens with two attached hydrogens (primary N) is 3. The second kappa shape index (κ2) is 18.1. The second-order valence-electron chi connectivity index (χ2n) is 13.7. The zero-order valence-corrected chi connectivity index (χ0v) is 33.3. The molecule has 9 N–H and O–H groups in total. The van der Waals surface area contributed by atoms with Crippen molar-refractivity contribution in [1.82, 2.24) is 5.06 Å². The maximum absolute atomic E-state index is 13.3. The first-order valence-corrected chi connectivity index (χ1v) is 21.1. The third kappa shape index (κ3) is 10.4. The van der Waals surface area contributed by atoms with E-state index in [4.69, 9.17) is 22.0 Å². The van der Waals surface area contributed by atoms with Crippen LogP contribution in [0.5, 0.6) is 0 Å². The molecule has 0 saturated carbocycles. The Morgan fingerprint density at radius 1 is 0.712 bits per heavy atom. The molecule has 1 aliphatic carbocycles. The zero-order valence-electron chi connectivity index (χ0n) is 31.7. The summed E-state index contributed by atoms with van der Waals surface area (Å²) in [5.41, 5.74) is 17.0. The number of rotatable bonds is 14. The SMILES string of the molecule is CN(CCCCCCCC(=O)ON1C(=O)CCC1=O)c1ccc(N)cc1.Nc1ccc(Nc2cc(S(=O)(=O)O)c(N)c3c2C(=O)c2ccccc2C3=O)c(S(=O)(=O)O)c1. The summed E-state index contributed by atoms with van der Waals surface area (Å²) in [7, 11) is -7.71. The summed E-state index contributed by atoms with van der Waals surface area (Å²) in [5, 5.41) is 3.16. The first kappa shape index (κ1) is 43.8. The molecule has 0 atom stereocenters. The third-order valence-electron chi connectivity index (χ3n) is 9.44. The maximum Gasteiger partial charge on any atom is 0.333 e. The van der Waals surface area contributed by atoms with E-state index in [1.54, 1.807) is 0 Å². The molecule has 20 heteroatoms. The van der Waals surface area contributed by atoms with E-state index in [-0.39, 0.29) is 53.0 Å². The van der Waals surface area contributed by atoms with E-state index in [0.29, 0.717) is 11.5 Å². The van der Waals surface area contributed by atoms with E-state index >= 15 is 0 Å². The van der Waals surface area contributed by atoms with Gasteiger partial charge in [0.2, 0.25) is 0 Å². The number of nitrogen functional groups attached to an aromatic ring is 3. The lowest BCUT2D eigenvalue weighted by Crippen LogP contribution is -2.31. The van der Waals surface area contributed by atoms with Crippen LogP contribution < -0.4 is 27.4 Å². The molecule has 6 rings (SSSR count). The molecule has 0 bridgehead atoms. The minimum absolute atomic E-state index is 0.00804. The van der Waals surface area contributed by atoms with E-state index in [1.165, 1.54) is 30.3 Å². The molecule has 1 saturated heterocycles. The standard InChI is InChI=1S/C20H15N3O8S2.C19H27N3O4/c21-9-5-6-12(14(7-9)32(26,27)28)23-13-8-15(33(29,30)31)18(22)17-16(13)19(24)10-3-1-2-4-11(10)20(17)25;1-21(16-10-8-15(20)9-11-16)14-6-4-2-3-5-7-19(25)26-22-17(23)12-13-18(22)24/h1-8,23H,21-22H2,(H,26,27,28)(H,29,30,31);8-11H,2-7,12-14,20H2,1H3. The fraction of sp³-hybridized carbons (Fsp3) is 0.256. The summed E-state index contributed by atoms with van der Waals surface area (Å²) in [6.07, 6.45) is 5.27. The van der Waals surface area contributed by atoms with E-state index in [9.17, 15) is 49.9 Å².